The zero-order chi connectivity index (χ0) is 16.8. The topological polar surface area (TPSA) is 78.7 Å². The van der Waals surface area contributed by atoms with E-state index in [1.807, 2.05) is 4.90 Å². The molecule has 2 saturated heterocycles. The highest BCUT2D eigenvalue weighted by atomic mass is 16.2. The fraction of sp³-hybridized carbons (Fsp3) is 0.882. The first kappa shape index (κ1) is 18.2. The molecule has 0 aromatic rings. The predicted octanol–water partition coefficient (Wildman–Crippen LogP) is 0.420. The van der Waals surface area contributed by atoms with Gasteiger partial charge in [-0.15, -0.1) is 0 Å². The third kappa shape index (κ3) is 5.18. The molecule has 2 heterocycles. The van der Waals surface area contributed by atoms with Crippen LogP contribution in [0.15, 0.2) is 0 Å². The maximum Gasteiger partial charge on any atom is 0.242 e. The zero-order valence-electron chi connectivity index (χ0n) is 14.6. The van der Waals surface area contributed by atoms with Crippen molar-refractivity contribution in [3.63, 3.8) is 0 Å². The lowest BCUT2D eigenvalue weighted by atomic mass is 9.93. The summed E-state index contributed by atoms with van der Waals surface area (Å²) in [7, 11) is 0. The van der Waals surface area contributed by atoms with Crippen molar-refractivity contribution in [3.05, 3.63) is 0 Å². The molecule has 2 aliphatic rings. The molecule has 1 atom stereocenters. The predicted molar refractivity (Wildman–Crippen MR) is 90.8 cm³/mol. The van der Waals surface area contributed by atoms with Crippen LogP contribution in [0.2, 0.25) is 0 Å². The normalized spacial score (nSPS) is 23.7. The van der Waals surface area contributed by atoms with Crippen molar-refractivity contribution in [1.29, 1.82) is 0 Å². The van der Waals surface area contributed by atoms with E-state index in [9.17, 15) is 9.59 Å². The number of likely N-dealkylation sites (tertiary alicyclic amines) is 1. The van der Waals surface area contributed by atoms with Gasteiger partial charge in [0.1, 0.15) is 0 Å². The lowest BCUT2D eigenvalue weighted by molar-refractivity contribution is -0.144. The Morgan fingerprint density at radius 2 is 2.00 bits per heavy atom. The molecule has 0 spiro atoms. The number of hydrogen-bond acceptors (Lipinski definition) is 4. The van der Waals surface area contributed by atoms with Crippen LogP contribution in [0.25, 0.3) is 0 Å². The first-order chi connectivity index (χ1) is 11.0. The number of piperazine rings is 1. The minimum Gasteiger partial charge on any atom is -0.341 e. The monoisotopic (exact) mass is 324 g/mol. The molecule has 2 rings (SSSR count). The van der Waals surface area contributed by atoms with Gasteiger partial charge in [-0.25, -0.2) is 0 Å². The number of piperidine rings is 1. The molecule has 0 unspecified atom stereocenters. The molecule has 0 saturated carbocycles. The number of nitrogens with two attached hydrogens (primary N) is 1. The molecule has 2 aliphatic heterocycles. The van der Waals surface area contributed by atoms with E-state index >= 15 is 0 Å². The van der Waals surface area contributed by atoms with Crippen LogP contribution in [-0.2, 0) is 9.59 Å². The van der Waals surface area contributed by atoms with Crippen molar-refractivity contribution >= 4 is 11.8 Å². The Kier molecular flexibility index (Phi) is 6.84. The minimum absolute atomic E-state index is 0.0799. The van der Waals surface area contributed by atoms with Crippen molar-refractivity contribution in [2.24, 2.45) is 17.6 Å². The first-order valence-corrected chi connectivity index (χ1v) is 9.01. The van der Waals surface area contributed by atoms with Crippen LogP contribution < -0.4 is 11.1 Å². The molecule has 6 heteroatoms. The molecule has 0 aromatic heterocycles. The van der Waals surface area contributed by atoms with Gasteiger partial charge in [-0.05, 0) is 44.1 Å². The van der Waals surface area contributed by atoms with Crippen LogP contribution in [0.5, 0.6) is 0 Å². The van der Waals surface area contributed by atoms with Crippen LogP contribution in [0.4, 0.5) is 0 Å². The Hall–Kier alpha value is -1.14. The number of rotatable bonds is 6. The third-order valence-electron chi connectivity index (χ3n) is 4.96. The third-order valence-corrected chi connectivity index (χ3v) is 4.96. The standard InChI is InChI=1S/C17H32N4O2/c1-13(2)11-15-17(23)21(10-7-19-15)12-16(22)20-8-4-14(3-6-18)5-9-20/h13-15,19H,3-12,18H2,1-2H3/t15-/m0/s1. The van der Waals surface area contributed by atoms with E-state index < -0.39 is 0 Å². The summed E-state index contributed by atoms with van der Waals surface area (Å²) in [4.78, 5) is 28.6. The second kappa shape index (κ2) is 8.64. The Bertz CT molecular complexity index is 405. The fourth-order valence-corrected chi connectivity index (χ4v) is 3.57. The average Bonchev–Trinajstić information content (AvgIpc) is 2.52. The maximum atomic E-state index is 12.5. The van der Waals surface area contributed by atoms with Gasteiger partial charge in [0.15, 0.2) is 0 Å². The number of hydrogen-bond donors (Lipinski definition) is 2. The fourth-order valence-electron chi connectivity index (χ4n) is 3.57. The number of amides is 2. The van der Waals surface area contributed by atoms with Gasteiger partial charge < -0.3 is 20.9 Å². The summed E-state index contributed by atoms with van der Waals surface area (Å²) < 4.78 is 0. The Balaban J connectivity index is 1.81. The smallest absolute Gasteiger partial charge is 0.242 e. The summed E-state index contributed by atoms with van der Waals surface area (Å²) in [6.45, 7) is 8.20. The van der Waals surface area contributed by atoms with Gasteiger partial charge in [0, 0.05) is 26.2 Å². The molecule has 0 bridgehead atoms. The van der Waals surface area contributed by atoms with Crippen LogP contribution in [0, 0.1) is 11.8 Å². The van der Waals surface area contributed by atoms with Crippen molar-refractivity contribution in [3.8, 4) is 0 Å². The molecule has 0 aromatic carbocycles. The van der Waals surface area contributed by atoms with Crippen molar-refractivity contribution < 1.29 is 9.59 Å². The lowest BCUT2D eigenvalue weighted by Gasteiger charge is -2.36. The summed E-state index contributed by atoms with van der Waals surface area (Å²) in [6.07, 6.45) is 3.95. The Morgan fingerprint density at radius 3 is 2.61 bits per heavy atom. The molecule has 3 N–H and O–H groups in total. The maximum absolute atomic E-state index is 12.5. The highest BCUT2D eigenvalue weighted by Gasteiger charge is 2.31. The molecular weight excluding hydrogens is 292 g/mol. The van der Waals surface area contributed by atoms with Crippen molar-refractivity contribution in [2.75, 3.05) is 39.3 Å². The summed E-state index contributed by atoms with van der Waals surface area (Å²) in [5.74, 6) is 1.29. The van der Waals surface area contributed by atoms with E-state index in [0.29, 0.717) is 18.4 Å². The molecule has 132 valence electrons. The molecule has 0 radical (unpaired) electrons. The van der Waals surface area contributed by atoms with E-state index in [4.69, 9.17) is 5.73 Å². The molecule has 0 aliphatic carbocycles. The Morgan fingerprint density at radius 1 is 1.30 bits per heavy atom. The summed E-state index contributed by atoms with van der Waals surface area (Å²) in [5.41, 5.74) is 5.61. The number of nitrogens with zero attached hydrogens (tertiary/aromatic N) is 2. The van der Waals surface area contributed by atoms with Crippen LogP contribution in [0.1, 0.15) is 39.5 Å². The van der Waals surface area contributed by atoms with Gasteiger partial charge in [-0.2, -0.15) is 0 Å². The summed E-state index contributed by atoms with van der Waals surface area (Å²) in [6, 6.07) is -0.133. The first-order valence-electron chi connectivity index (χ1n) is 9.01. The van der Waals surface area contributed by atoms with E-state index in [1.54, 1.807) is 4.90 Å². The second-order valence-electron chi connectivity index (χ2n) is 7.30. The van der Waals surface area contributed by atoms with Crippen molar-refractivity contribution in [1.82, 2.24) is 15.1 Å². The number of carbonyl (C=O) groups is 2. The molecule has 2 fully saturated rings. The molecule has 2 amide bonds. The van der Waals surface area contributed by atoms with Crippen LogP contribution in [-0.4, -0.2) is 66.9 Å². The highest BCUT2D eigenvalue weighted by molar-refractivity contribution is 5.88. The van der Waals surface area contributed by atoms with E-state index in [0.717, 1.165) is 51.9 Å². The number of carbonyl (C=O) groups excluding carboxylic acids is 2. The lowest BCUT2D eigenvalue weighted by Crippen LogP contribution is -2.57. The van der Waals surface area contributed by atoms with Gasteiger partial charge in [-0.3, -0.25) is 9.59 Å². The van der Waals surface area contributed by atoms with Gasteiger partial charge in [-0.1, -0.05) is 13.8 Å². The van der Waals surface area contributed by atoms with Gasteiger partial charge in [0.25, 0.3) is 0 Å². The summed E-state index contributed by atoms with van der Waals surface area (Å²) in [5, 5.41) is 3.27. The van der Waals surface area contributed by atoms with Crippen molar-refractivity contribution in [2.45, 2.75) is 45.6 Å². The van der Waals surface area contributed by atoms with E-state index in [1.165, 1.54) is 0 Å². The SMILES string of the molecule is CC(C)C[C@@H]1NCCN(CC(=O)N2CCC(CCN)CC2)C1=O. The number of nitrogens with one attached hydrogen (secondary N) is 1. The summed E-state index contributed by atoms with van der Waals surface area (Å²) >= 11 is 0. The van der Waals surface area contributed by atoms with Gasteiger partial charge >= 0.3 is 0 Å². The second-order valence-corrected chi connectivity index (χ2v) is 7.30. The molecular formula is C17H32N4O2. The zero-order valence-corrected chi connectivity index (χ0v) is 14.6. The minimum atomic E-state index is -0.133. The van der Waals surface area contributed by atoms with Crippen LogP contribution in [0.3, 0.4) is 0 Å². The largest absolute Gasteiger partial charge is 0.341 e. The molecule has 6 nitrogen and oxygen atoms in total. The van der Waals surface area contributed by atoms with Gasteiger partial charge in [0.2, 0.25) is 11.8 Å². The van der Waals surface area contributed by atoms with E-state index in [2.05, 4.69) is 19.2 Å². The van der Waals surface area contributed by atoms with Gasteiger partial charge in [0.05, 0.1) is 12.6 Å². The quantitative estimate of drug-likeness (QED) is 0.742. The highest BCUT2D eigenvalue weighted by Crippen LogP contribution is 2.20. The van der Waals surface area contributed by atoms with Crippen LogP contribution >= 0.6 is 0 Å². The average molecular weight is 324 g/mol. The van der Waals surface area contributed by atoms with E-state index in [-0.39, 0.29) is 24.4 Å². The Labute approximate surface area is 139 Å². The molecule has 23 heavy (non-hydrogen) atoms.